The second-order valence-corrected chi connectivity index (χ2v) is 12.6. The van der Waals surface area contributed by atoms with Crippen LogP contribution in [-0.2, 0) is 12.8 Å². The third-order valence-electron chi connectivity index (χ3n) is 9.79. The van der Waals surface area contributed by atoms with E-state index in [-0.39, 0.29) is 5.92 Å². The number of fused-ring (bicyclic) bond motifs is 1. The SMILES string of the molecule is C=C(CCC)C1=C(C)C=C2C/C(=C\C3=C(C)C(c4ccc(C)cc4)C(C)=C3)C(=C)C2C1c1cc(CC)ccc1CC. The van der Waals surface area contributed by atoms with Crippen LogP contribution >= 0.6 is 0 Å². The lowest BCUT2D eigenvalue weighted by Crippen LogP contribution is -2.22. The van der Waals surface area contributed by atoms with Crippen molar-refractivity contribution in [2.45, 2.75) is 92.4 Å². The Balaban J connectivity index is 1.59. The van der Waals surface area contributed by atoms with Crippen molar-refractivity contribution in [3.63, 3.8) is 0 Å². The van der Waals surface area contributed by atoms with Crippen LogP contribution in [0.15, 0.2) is 124 Å². The molecule has 0 spiro atoms. The normalized spacial score (nSPS) is 23.3. The molecule has 0 radical (unpaired) electrons. The van der Waals surface area contributed by atoms with Gasteiger partial charge in [0.05, 0.1) is 0 Å². The maximum Gasteiger partial charge on any atom is 0.0264 e. The van der Waals surface area contributed by atoms with Gasteiger partial charge in [-0.1, -0.05) is 129 Å². The summed E-state index contributed by atoms with van der Waals surface area (Å²) in [7, 11) is 0. The molecule has 0 heteroatoms. The van der Waals surface area contributed by atoms with Gasteiger partial charge in [-0.2, -0.15) is 0 Å². The van der Waals surface area contributed by atoms with Crippen molar-refractivity contribution in [1.82, 2.24) is 0 Å². The van der Waals surface area contributed by atoms with Crippen molar-refractivity contribution in [3.8, 4) is 0 Å². The Bertz CT molecular complexity index is 1540. The van der Waals surface area contributed by atoms with Gasteiger partial charge < -0.3 is 0 Å². The smallest absolute Gasteiger partial charge is 0.0264 e. The molecule has 0 bridgehead atoms. The first-order valence-corrected chi connectivity index (χ1v) is 15.7. The molecular weight excluding hydrogens is 492 g/mol. The monoisotopic (exact) mass is 540 g/mol. The second-order valence-electron chi connectivity index (χ2n) is 12.6. The third-order valence-corrected chi connectivity index (χ3v) is 9.79. The van der Waals surface area contributed by atoms with E-state index in [1.54, 1.807) is 0 Å². The zero-order chi connectivity index (χ0) is 29.4. The van der Waals surface area contributed by atoms with Gasteiger partial charge in [0, 0.05) is 17.8 Å². The Labute approximate surface area is 249 Å². The number of allylic oxidation sites excluding steroid dienone is 12. The Morgan fingerprint density at radius 2 is 1.63 bits per heavy atom. The fourth-order valence-corrected chi connectivity index (χ4v) is 7.65. The molecule has 0 N–H and O–H groups in total. The number of rotatable bonds is 8. The average molecular weight is 541 g/mol. The van der Waals surface area contributed by atoms with E-state index in [1.165, 1.54) is 78.0 Å². The van der Waals surface area contributed by atoms with Gasteiger partial charge in [-0.15, -0.1) is 0 Å². The van der Waals surface area contributed by atoms with Crippen LogP contribution in [0.2, 0.25) is 0 Å². The molecule has 0 amide bonds. The fraction of sp³-hybridized carbons (Fsp3) is 0.366. The van der Waals surface area contributed by atoms with Crippen molar-refractivity contribution < 1.29 is 0 Å². The summed E-state index contributed by atoms with van der Waals surface area (Å²) in [4.78, 5) is 0. The molecule has 1 fully saturated rings. The van der Waals surface area contributed by atoms with Crippen molar-refractivity contribution in [2.24, 2.45) is 5.92 Å². The van der Waals surface area contributed by atoms with Gasteiger partial charge in [0.2, 0.25) is 0 Å². The van der Waals surface area contributed by atoms with Crippen LogP contribution in [0.1, 0.15) is 100 Å². The van der Waals surface area contributed by atoms with Crippen molar-refractivity contribution in [2.75, 3.05) is 0 Å². The minimum absolute atomic E-state index is 0.283. The van der Waals surface area contributed by atoms with E-state index >= 15 is 0 Å². The van der Waals surface area contributed by atoms with Crippen LogP contribution in [0.3, 0.4) is 0 Å². The molecule has 41 heavy (non-hydrogen) atoms. The van der Waals surface area contributed by atoms with Gasteiger partial charge in [0.15, 0.2) is 0 Å². The van der Waals surface area contributed by atoms with Crippen LogP contribution in [0.4, 0.5) is 0 Å². The molecule has 0 nitrogen and oxygen atoms in total. The van der Waals surface area contributed by atoms with E-state index in [2.05, 4.69) is 116 Å². The maximum atomic E-state index is 4.83. The predicted molar refractivity (Wildman–Crippen MR) is 178 cm³/mol. The molecule has 3 unspecified atom stereocenters. The molecule has 2 aromatic carbocycles. The third kappa shape index (κ3) is 5.34. The lowest BCUT2D eigenvalue weighted by atomic mass is 9.68. The molecule has 0 aliphatic heterocycles. The Morgan fingerprint density at radius 1 is 0.902 bits per heavy atom. The molecule has 0 aromatic heterocycles. The molecular formula is C41H48. The summed E-state index contributed by atoms with van der Waals surface area (Å²) in [6, 6.07) is 16.3. The average Bonchev–Trinajstić information content (AvgIpc) is 3.41. The van der Waals surface area contributed by atoms with Crippen molar-refractivity contribution >= 4 is 0 Å². The summed E-state index contributed by atoms with van der Waals surface area (Å²) in [5.41, 5.74) is 19.7. The molecule has 5 rings (SSSR count). The van der Waals surface area contributed by atoms with Gasteiger partial charge >= 0.3 is 0 Å². The highest BCUT2D eigenvalue weighted by atomic mass is 14.4. The first-order chi connectivity index (χ1) is 19.7. The number of benzene rings is 2. The van der Waals surface area contributed by atoms with Gasteiger partial charge in [0.1, 0.15) is 0 Å². The first-order valence-electron chi connectivity index (χ1n) is 15.7. The fourth-order valence-electron chi connectivity index (χ4n) is 7.65. The van der Waals surface area contributed by atoms with Crippen molar-refractivity contribution in [3.05, 3.63) is 152 Å². The number of hydrogen-bond donors (Lipinski definition) is 0. The summed E-state index contributed by atoms with van der Waals surface area (Å²) in [6.07, 6.45) is 12.6. The van der Waals surface area contributed by atoms with Crippen molar-refractivity contribution in [1.29, 1.82) is 0 Å². The molecule has 212 valence electrons. The summed E-state index contributed by atoms with van der Waals surface area (Å²) in [5.74, 6) is 0.944. The van der Waals surface area contributed by atoms with Crippen LogP contribution in [0.5, 0.6) is 0 Å². The zero-order valence-corrected chi connectivity index (χ0v) is 26.5. The minimum atomic E-state index is 0.283. The summed E-state index contributed by atoms with van der Waals surface area (Å²) in [5, 5.41) is 0. The highest BCUT2D eigenvalue weighted by Gasteiger charge is 2.41. The Morgan fingerprint density at radius 3 is 2.29 bits per heavy atom. The van der Waals surface area contributed by atoms with E-state index in [0.29, 0.717) is 11.8 Å². The standard InChI is InChI=1S/C41H48/c1-10-13-26(5)38-27(6)21-36-24-35(23-34-20-28(7)39(29(34)8)33-17-14-25(4)15-18-33)30(9)40(36)41(38)37-22-31(11-2)16-19-32(37)12-3/h14-23,39-41H,5,9-13,24H2,1-4,6-8H3/b35-23+. The van der Waals surface area contributed by atoms with E-state index in [4.69, 9.17) is 6.58 Å². The summed E-state index contributed by atoms with van der Waals surface area (Å²) >= 11 is 0. The van der Waals surface area contributed by atoms with Crippen LogP contribution < -0.4 is 0 Å². The van der Waals surface area contributed by atoms with Gasteiger partial charge in [-0.05, 0) is 103 Å². The van der Waals surface area contributed by atoms with E-state index in [0.717, 1.165) is 32.1 Å². The van der Waals surface area contributed by atoms with Crippen LogP contribution in [-0.4, -0.2) is 0 Å². The number of hydrogen-bond acceptors (Lipinski definition) is 0. The van der Waals surface area contributed by atoms with Crippen LogP contribution in [0, 0.1) is 12.8 Å². The van der Waals surface area contributed by atoms with Gasteiger partial charge in [-0.25, -0.2) is 0 Å². The molecule has 0 heterocycles. The van der Waals surface area contributed by atoms with Gasteiger partial charge in [0.25, 0.3) is 0 Å². The predicted octanol–water partition coefficient (Wildman–Crippen LogP) is 11.4. The summed E-state index contributed by atoms with van der Waals surface area (Å²) < 4.78 is 0. The molecule has 1 saturated carbocycles. The van der Waals surface area contributed by atoms with Crippen LogP contribution in [0.25, 0.3) is 0 Å². The van der Waals surface area contributed by atoms with Gasteiger partial charge in [-0.3, -0.25) is 0 Å². The molecule has 2 aromatic rings. The topological polar surface area (TPSA) is 0 Å². The highest BCUT2D eigenvalue weighted by Crippen LogP contribution is 2.56. The largest absolute Gasteiger partial charge is 0.0955 e. The Kier molecular flexibility index (Phi) is 8.42. The van der Waals surface area contributed by atoms with E-state index < -0.39 is 0 Å². The molecule has 3 aliphatic rings. The van der Waals surface area contributed by atoms with E-state index in [9.17, 15) is 0 Å². The lowest BCUT2D eigenvalue weighted by molar-refractivity contribution is 0.613. The molecule has 3 aliphatic carbocycles. The highest BCUT2D eigenvalue weighted by molar-refractivity contribution is 5.64. The molecule has 0 saturated heterocycles. The van der Waals surface area contributed by atoms with E-state index in [1.807, 2.05) is 0 Å². The zero-order valence-electron chi connectivity index (χ0n) is 26.5. The molecule has 3 atom stereocenters. The summed E-state index contributed by atoms with van der Waals surface area (Å²) in [6.45, 7) is 25.4. The maximum absolute atomic E-state index is 4.83. The quantitative estimate of drug-likeness (QED) is 0.312. The Hall–Kier alpha value is -3.38. The number of aryl methyl sites for hydroxylation is 3. The first kappa shape index (κ1) is 29.1. The lowest BCUT2D eigenvalue weighted by Gasteiger charge is -2.36. The minimum Gasteiger partial charge on any atom is -0.0955 e. The second kappa shape index (κ2) is 11.8.